The number of halogens is 1. The SMILES string of the molecule is Cc1ccccc1OCC(O)Cn1c(C2CCOCC2)nc2ccccc21.Cl. The van der Waals surface area contributed by atoms with Crippen molar-refractivity contribution in [1.82, 2.24) is 9.55 Å². The molecule has 1 unspecified atom stereocenters. The Bertz CT molecular complexity index is 906. The molecule has 3 aromatic rings. The van der Waals surface area contributed by atoms with E-state index in [1.807, 2.05) is 49.4 Å². The molecule has 0 aliphatic carbocycles. The molecule has 2 aromatic carbocycles. The van der Waals surface area contributed by atoms with Gasteiger partial charge in [0.25, 0.3) is 0 Å². The van der Waals surface area contributed by atoms with Gasteiger partial charge in [-0.3, -0.25) is 0 Å². The highest BCUT2D eigenvalue weighted by Crippen LogP contribution is 2.29. The summed E-state index contributed by atoms with van der Waals surface area (Å²) in [7, 11) is 0. The predicted octanol–water partition coefficient (Wildman–Crippen LogP) is 4.10. The van der Waals surface area contributed by atoms with Crippen LogP contribution in [-0.2, 0) is 11.3 Å². The van der Waals surface area contributed by atoms with E-state index in [1.54, 1.807) is 0 Å². The van der Waals surface area contributed by atoms with Crippen LogP contribution in [0.5, 0.6) is 5.75 Å². The topological polar surface area (TPSA) is 56.5 Å². The zero-order valence-electron chi connectivity index (χ0n) is 16.1. The van der Waals surface area contributed by atoms with Crippen molar-refractivity contribution in [1.29, 1.82) is 0 Å². The second-order valence-corrected chi connectivity index (χ2v) is 7.19. The summed E-state index contributed by atoms with van der Waals surface area (Å²) in [6, 6.07) is 16.0. The molecule has 0 radical (unpaired) electrons. The fourth-order valence-corrected chi connectivity index (χ4v) is 3.72. The summed E-state index contributed by atoms with van der Waals surface area (Å²) in [6.45, 7) is 4.28. The summed E-state index contributed by atoms with van der Waals surface area (Å²) >= 11 is 0. The van der Waals surface area contributed by atoms with Crippen LogP contribution < -0.4 is 4.74 Å². The van der Waals surface area contributed by atoms with E-state index in [-0.39, 0.29) is 19.0 Å². The Morgan fingerprint density at radius 1 is 1.14 bits per heavy atom. The lowest BCUT2D eigenvalue weighted by molar-refractivity contribution is 0.0779. The van der Waals surface area contributed by atoms with E-state index in [1.165, 1.54) is 0 Å². The Labute approximate surface area is 171 Å². The largest absolute Gasteiger partial charge is 0.491 e. The normalized spacial score (nSPS) is 15.9. The molecule has 0 bridgehead atoms. The number of aliphatic hydroxyl groups excluding tert-OH is 1. The Balaban J connectivity index is 0.00000225. The fourth-order valence-electron chi connectivity index (χ4n) is 3.72. The van der Waals surface area contributed by atoms with Crippen LogP contribution in [0.25, 0.3) is 11.0 Å². The van der Waals surface area contributed by atoms with Gasteiger partial charge in [0.2, 0.25) is 0 Å². The first-order valence-electron chi connectivity index (χ1n) is 9.62. The molecule has 0 saturated carbocycles. The van der Waals surface area contributed by atoms with Crippen LogP contribution in [0.1, 0.15) is 30.1 Å². The number of ether oxygens (including phenoxy) is 2. The standard InChI is InChI=1S/C22H26N2O3.ClH/c1-16-6-2-5-9-21(16)27-15-18(25)14-24-20-8-4-3-7-19(20)23-22(24)17-10-12-26-13-11-17;/h2-9,17-18,25H,10-15H2,1H3;1H. The lowest BCUT2D eigenvalue weighted by Crippen LogP contribution is -2.26. The van der Waals surface area contributed by atoms with Crippen LogP contribution in [0, 0.1) is 6.92 Å². The van der Waals surface area contributed by atoms with Gasteiger partial charge in [-0.25, -0.2) is 4.98 Å². The molecule has 2 heterocycles. The lowest BCUT2D eigenvalue weighted by Gasteiger charge is -2.24. The molecule has 0 amide bonds. The summed E-state index contributed by atoms with van der Waals surface area (Å²) in [5.41, 5.74) is 3.11. The van der Waals surface area contributed by atoms with Gasteiger partial charge in [0.1, 0.15) is 24.3 Å². The molecule has 1 saturated heterocycles. The Morgan fingerprint density at radius 3 is 2.64 bits per heavy atom. The summed E-state index contributed by atoms with van der Waals surface area (Å²) in [5, 5.41) is 10.7. The van der Waals surface area contributed by atoms with Crippen LogP contribution in [-0.4, -0.2) is 40.6 Å². The van der Waals surface area contributed by atoms with Crippen LogP contribution in [0.4, 0.5) is 0 Å². The molecule has 6 heteroatoms. The van der Waals surface area contributed by atoms with Crippen LogP contribution in [0.3, 0.4) is 0 Å². The summed E-state index contributed by atoms with van der Waals surface area (Å²) in [6.07, 6.45) is 1.33. The highest BCUT2D eigenvalue weighted by Gasteiger charge is 2.24. The van der Waals surface area contributed by atoms with Gasteiger partial charge in [-0.1, -0.05) is 30.3 Å². The van der Waals surface area contributed by atoms with Gasteiger partial charge in [-0.15, -0.1) is 12.4 Å². The summed E-state index contributed by atoms with van der Waals surface area (Å²) in [4.78, 5) is 4.88. The molecule has 1 aliphatic heterocycles. The number of nitrogens with zero attached hydrogens (tertiary/aromatic N) is 2. The van der Waals surface area contributed by atoms with Gasteiger partial charge in [0, 0.05) is 19.1 Å². The minimum atomic E-state index is -0.610. The molecule has 1 N–H and O–H groups in total. The number of hydrogen-bond donors (Lipinski definition) is 1. The number of aliphatic hydroxyl groups is 1. The number of benzene rings is 2. The third-order valence-electron chi connectivity index (χ3n) is 5.19. The number of rotatable bonds is 6. The zero-order chi connectivity index (χ0) is 18.6. The van der Waals surface area contributed by atoms with Gasteiger partial charge in [0.05, 0.1) is 17.6 Å². The van der Waals surface area contributed by atoms with Crippen molar-refractivity contribution in [3.63, 3.8) is 0 Å². The number of fused-ring (bicyclic) bond motifs is 1. The first kappa shape index (κ1) is 20.6. The molecule has 1 aliphatic rings. The van der Waals surface area contributed by atoms with Crippen molar-refractivity contribution in [3.05, 3.63) is 59.9 Å². The highest BCUT2D eigenvalue weighted by atomic mass is 35.5. The zero-order valence-corrected chi connectivity index (χ0v) is 16.9. The minimum Gasteiger partial charge on any atom is -0.491 e. The van der Waals surface area contributed by atoms with Crippen molar-refractivity contribution < 1.29 is 14.6 Å². The maximum absolute atomic E-state index is 10.7. The average Bonchev–Trinajstić information content (AvgIpc) is 3.06. The van der Waals surface area contributed by atoms with Crippen molar-refractivity contribution in [2.75, 3.05) is 19.8 Å². The van der Waals surface area contributed by atoms with Gasteiger partial charge < -0.3 is 19.1 Å². The van der Waals surface area contributed by atoms with Crippen molar-refractivity contribution in [2.24, 2.45) is 0 Å². The maximum Gasteiger partial charge on any atom is 0.122 e. The smallest absolute Gasteiger partial charge is 0.122 e. The van der Waals surface area contributed by atoms with E-state index < -0.39 is 6.10 Å². The Hall–Kier alpha value is -2.08. The van der Waals surface area contributed by atoms with E-state index >= 15 is 0 Å². The molecule has 0 spiro atoms. The Morgan fingerprint density at radius 2 is 1.86 bits per heavy atom. The maximum atomic E-state index is 10.7. The fraction of sp³-hybridized carbons (Fsp3) is 0.409. The van der Waals surface area contributed by atoms with Crippen LogP contribution >= 0.6 is 12.4 Å². The number of hydrogen-bond acceptors (Lipinski definition) is 4. The van der Waals surface area contributed by atoms with Gasteiger partial charge >= 0.3 is 0 Å². The van der Waals surface area contributed by atoms with Gasteiger partial charge in [0.15, 0.2) is 0 Å². The van der Waals surface area contributed by atoms with E-state index in [9.17, 15) is 5.11 Å². The van der Waals surface area contributed by atoms with E-state index in [2.05, 4.69) is 10.6 Å². The first-order valence-corrected chi connectivity index (χ1v) is 9.62. The second-order valence-electron chi connectivity index (χ2n) is 7.19. The Kier molecular flexibility index (Phi) is 6.94. The summed E-state index contributed by atoms with van der Waals surface area (Å²) < 4.78 is 13.5. The number of imidazole rings is 1. The van der Waals surface area contributed by atoms with E-state index in [0.29, 0.717) is 12.5 Å². The predicted molar refractivity (Wildman–Crippen MR) is 112 cm³/mol. The van der Waals surface area contributed by atoms with Crippen molar-refractivity contribution in [3.8, 4) is 5.75 Å². The molecule has 5 nitrogen and oxygen atoms in total. The highest BCUT2D eigenvalue weighted by molar-refractivity contribution is 5.85. The molecule has 1 aromatic heterocycles. The van der Waals surface area contributed by atoms with Crippen LogP contribution in [0.2, 0.25) is 0 Å². The number of para-hydroxylation sites is 3. The van der Waals surface area contributed by atoms with Crippen LogP contribution in [0.15, 0.2) is 48.5 Å². The summed E-state index contributed by atoms with van der Waals surface area (Å²) in [5.74, 6) is 2.24. The minimum absolute atomic E-state index is 0. The molecular weight excluding hydrogens is 376 g/mol. The van der Waals surface area contributed by atoms with E-state index in [4.69, 9.17) is 14.5 Å². The third-order valence-corrected chi connectivity index (χ3v) is 5.19. The quantitative estimate of drug-likeness (QED) is 0.674. The van der Waals surface area contributed by atoms with Gasteiger partial charge in [-0.05, 0) is 43.5 Å². The molecule has 1 fully saturated rings. The van der Waals surface area contributed by atoms with Crippen molar-refractivity contribution >= 4 is 23.4 Å². The third kappa shape index (κ3) is 4.49. The second kappa shape index (κ2) is 9.41. The lowest BCUT2D eigenvalue weighted by atomic mass is 9.99. The van der Waals surface area contributed by atoms with Crippen molar-refractivity contribution in [2.45, 2.75) is 38.3 Å². The molecule has 150 valence electrons. The number of aromatic nitrogens is 2. The average molecular weight is 403 g/mol. The molecule has 4 rings (SSSR count). The first-order chi connectivity index (χ1) is 13.2. The monoisotopic (exact) mass is 402 g/mol. The van der Waals surface area contributed by atoms with E-state index in [0.717, 1.165) is 54.2 Å². The van der Waals surface area contributed by atoms with Gasteiger partial charge in [-0.2, -0.15) is 0 Å². The number of aryl methyl sites for hydroxylation is 1. The molecule has 1 atom stereocenters. The molecular formula is C22H27ClN2O3. The molecule has 28 heavy (non-hydrogen) atoms.